The van der Waals surface area contributed by atoms with Crippen molar-refractivity contribution in [2.24, 2.45) is 0 Å². The highest BCUT2D eigenvalue weighted by Gasteiger charge is 2.11. The fourth-order valence-corrected chi connectivity index (χ4v) is 1.67. The second kappa shape index (κ2) is 11.5. The van der Waals surface area contributed by atoms with Gasteiger partial charge in [-0.1, -0.05) is 24.4 Å². The first-order chi connectivity index (χ1) is 9.15. The molecule has 0 aliphatic rings. The zero-order valence-electron chi connectivity index (χ0n) is 11.2. The molecule has 0 aliphatic heterocycles. The van der Waals surface area contributed by atoms with Crippen LogP contribution in [-0.2, 0) is 9.53 Å². The lowest BCUT2D eigenvalue weighted by Gasteiger charge is -2.07. The molecule has 0 heterocycles. The second-order valence-corrected chi connectivity index (χ2v) is 4.70. The molecule has 0 radical (unpaired) electrons. The van der Waals surface area contributed by atoms with E-state index < -0.39 is 5.97 Å². The Balaban J connectivity index is 3.98. The fraction of sp³-hybridized carbons (Fsp3) is 0.429. The molecule has 2 N–H and O–H groups in total. The Kier molecular flexibility index (Phi) is 10.6. The molecule has 0 saturated carbocycles. The van der Waals surface area contributed by atoms with Crippen LogP contribution in [0.5, 0.6) is 0 Å². The summed E-state index contributed by atoms with van der Waals surface area (Å²) in [6.45, 7) is 5.48. The van der Waals surface area contributed by atoms with Gasteiger partial charge in [0.15, 0.2) is 0 Å². The summed E-state index contributed by atoms with van der Waals surface area (Å²) in [5.74, 6) is -0.572. The van der Waals surface area contributed by atoms with Crippen molar-refractivity contribution in [3.05, 3.63) is 28.7 Å². The van der Waals surface area contributed by atoms with E-state index in [9.17, 15) is 4.79 Å². The molecule has 0 aliphatic carbocycles. The zero-order valence-corrected chi connectivity index (χ0v) is 12.0. The molecule has 4 nitrogen and oxygen atoms in total. The predicted molar refractivity (Wildman–Crippen MR) is 81.0 cm³/mol. The summed E-state index contributed by atoms with van der Waals surface area (Å²) in [6, 6.07) is 0. The third-order valence-corrected chi connectivity index (χ3v) is 3.17. The molecule has 0 aromatic heterocycles. The van der Waals surface area contributed by atoms with Crippen molar-refractivity contribution in [3.8, 4) is 0 Å². The van der Waals surface area contributed by atoms with E-state index in [0.29, 0.717) is 12.8 Å². The summed E-state index contributed by atoms with van der Waals surface area (Å²) in [6.07, 6.45) is 5.82. The maximum absolute atomic E-state index is 11.5. The van der Waals surface area contributed by atoms with Crippen molar-refractivity contribution >= 4 is 29.7 Å². The molecule has 0 aromatic carbocycles. The van der Waals surface area contributed by atoms with Gasteiger partial charge in [-0.15, -0.1) is 5.73 Å². The SMILES string of the molecule is C=C=CS/C(=C\C)COC(=O)C(=N)CCCCC=N. The molecular formula is C14H20N2O2S. The summed E-state index contributed by atoms with van der Waals surface area (Å²) in [5, 5.41) is 16.1. The van der Waals surface area contributed by atoms with E-state index in [0.717, 1.165) is 17.7 Å². The zero-order chi connectivity index (χ0) is 14.5. The van der Waals surface area contributed by atoms with E-state index in [-0.39, 0.29) is 12.3 Å². The van der Waals surface area contributed by atoms with Gasteiger partial charge in [-0.2, -0.15) is 0 Å². The van der Waals surface area contributed by atoms with Crippen LogP contribution >= 0.6 is 11.8 Å². The van der Waals surface area contributed by atoms with Gasteiger partial charge in [0.2, 0.25) is 0 Å². The maximum atomic E-state index is 11.5. The number of rotatable bonds is 10. The lowest BCUT2D eigenvalue weighted by molar-refractivity contribution is -0.134. The van der Waals surface area contributed by atoms with E-state index >= 15 is 0 Å². The van der Waals surface area contributed by atoms with E-state index in [1.54, 1.807) is 5.41 Å². The maximum Gasteiger partial charge on any atom is 0.352 e. The van der Waals surface area contributed by atoms with Gasteiger partial charge < -0.3 is 10.1 Å². The highest BCUT2D eigenvalue weighted by Crippen LogP contribution is 2.16. The van der Waals surface area contributed by atoms with Gasteiger partial charge in [-0.05, 0) is 38.8 Å². The lowest BCUT2D eigenvalue weighted by atomic mass is 10.1. The molecule has 0 amide bonds. The van der Waals surface area contributed by atoms with Crippen molar-refractivity contribution in [1.82, 2.24) is 0 Å². The molecule has 0 saturated heterocycles. The third-order valence-electron chi connectivity index (χ3n) is 2.23. The first-order valence-corrected chi connectivity index (χ1v) is 6.93. The molecule has 19 heavy (non-hydrogen) atoms. The van der Waals surface area contributed by atoms with Crippen molar-refractivity contribution in [2.45, 2.75) is 32.6 Å². The number of thioether (sulfide) groups is 1. The Morgan fingerprint density at radius 1 is 1.47 bits per heavy atom. The minimum Gasteiger partial charge on any atom is -0.456 e. The standard InChI is InChI=1S/C14H20N2O2S/c1-3-10-19-12(4-2)11-18-14(17)13(16)8-6-5-7-9-15/h4,9-10,15-16H,1,5-8,11H2,2H3/b12-4-,15-9?,16-13?. The van der Waals surface area contributed by atoms with Gasteiger partial charge in [0.1, 0.15) is 12.3 Å². The number of carbonyl (C=O) groups is 1. The van der Waals surface area contributed by atoms with Crippen LogP contribution in [0, 0.1) is 10.8 Å². The van der Waals surface area contributed by atoms with E-state index in [1.165, 1.54) is 18.0 Å². The number of ether oxygens (including phenoxy) is 1. The summed E-state index contributed by atoms with van der Waals surface area (Å²) in [4.78, 5) is 12.4. The minimum absolute atomic E-state index is 0.00954. The van der Waals surface area contributed by atoms with Gasteiger partial charge in [0.05, 0.1) is 0 Å². The van der Waals surface area contributed by atoms with Crippen LogP contribution in [0.2, 0.25) is 0 Å². The molecule has 0 fully saturated rings. The van der Waals surface area contributed by atoms with Crippen molar-refractivity contribution < 1.29 is 9.53 Å². The van der Waals surface area contributed by atoms with E-state index in [2.05, 4.69) is 12.3 Å². The summed E-state index contributed by atoms with van der Waals surface area (Å²) < 4.78 is 5.05. The first-order valence-electron chi connectivity index (χ1n) is 6.05. The Labute approximate surface area is 118 Å². The number of hydrogen-bond acceptors (Lipinski definition) is 5. The van der Waals surface area contributed by atoms with E-state index in [1.807, 2.05) is 13.0 Å². The largest absolute Gasteiger partial charge is 0.456 e. The second-order valence-electron chi connectivity index (χ2n) is 3.70. The van der Waals surface area contributed by atoms with E-state index in [4.69, 9.17) is 15.6 Å². The van der Waals surface area contributed by atoms with Crippen LogP contribution in [0.4, 0.5) is 0 Å². The Bertz CT molecular complexity index is 396. The minimum atomic E-state index is -0.572. The topological polar surface area (TPSA) is 74.0 Å². The Morgan fingerprint density at radius 3 is 2.79 bits per heavy atom. The summed E-state index contributed by atoms with van der Waals surface area (Å²) in [5.41, 5.74) is 2.62. The average molecular weight is 280 g/mol. The molecule has 0 rings (SSSR count). The number of esters is 1. The Hall–Kier alpha value is -1.58. The summed E-state index contributed by atoms with van der Waals surface area (Å²) in [7, 11) is 0. The first kappa shape index (κ1) is 17.4. The van der Waals surface area contributed by atoms with Gasteiger partial charge in [0, 0.05) is 10.3 Å². The van der Waals surface area contributed by atoms with Crippen molar-refractivity contribution in [1.29, 1.82) is 10.8 Å². The monoisotopic (exact) mass is 280 g/mol. The normalized spacial score (nSPS) is 10.5. The van der Waals surface area contributed by atoms with Gasteiger partial charge in [-0.3, -0.25) is 5.41 Å². The van der Waals surface area contributed by atoms with Crippen LogP contribution in [0.3, 0.4) is 0 Å². The number of allylic oxidation sites excluding steroid dienone is 1. The van der Waals surface area contributed by atoms with Gasteiger partial charge in [-0.25, -0.2) is 4.79 Å². The Morgan fingerprint density at radius 2 is 2.21 bits per heavy atom. The van der Waals surface area contributed by atoms with Crippen LogP contribution in [-0.4, -0.2) is 24.5 Å². The summed E-state index contributed by atoms with van der Waals surface area (Å²) >= 11 is 1.39. The van der Waals surface area contributed by atoms with Crippen molar-refractivity contribution in [3.63, 3.8) is 0 Å². The average Bonchev–Trinajstić information content (AvgIpc) is 2.43. The third kappa shape index (κ3) is 9.05. The number of hydrogen-bond donors (Lipinski definition) is 2. The van der Waals surface area contributed by atoms with Crippen LogP contribution < -0.4 is 0 Å². The van der Waals surface area contributed by atoms with Crippen LogP contribution in [0.15, 0.2) is 28.7 Å². The fourth-order valence-electron chi connectivity index (χ4n) is 1.18. The molecule has 0 aromatic rings. The number of nitrogens with one attached hydrogen (secondary N) is 2. The number of unbranched alkanes of at least 4 members (excludes halogenated alkanes) is 2. The highest BCUT2D eigenvalue weighted by atomic mass is 32.2. The molecule has 0 bridgehead atoms. The molecular weight excluding hydrogens is 260 g/mol. The molecule has 0 spiro atoms. The van der Waals surface area contributed by atoms with Crippen LogP contribution in [0.25, 0.3) is 0 Å². The van der Waals surface area contributed by atoms with Crippen molar-refractivity contribution in [2.75, 3.05) is 6.61 Å². The number of carbonyl (C=O) groups excluding carboxylic acids is 1. The smallest absolute Gasteiger partial charge is 0.352 e. The lowest BCUT2D eigenvalue weighted by Crippen LogP contribution is -2.17. The van der Waals surface area contributed by atoms with Gasteiger partial charge in [0.25, 0.3) is 0 Å². The van der Waals surface area contributed by atoms with Crippen LogP contribution in [0.1, 0.15) is 32.6 Å². The van der Waals surface area contributed by atoms with Gasteiger partial charge >= 0.3 is 5.97 Å². The molecule has 5 heteroatoms. The molecule has 0 unspecified atom stereocenters. The molecule has 104 valence electrons. The quantitative estimate of drug-likeness (QED) is 0.277. The predicted octanol–water partition coefficient (Wildman–Crippen LogP) is 3.69. The molecule has 0 atom stereocenters. The highest BCUT2D eigenvalue weighted by molar-refractivity contribution is 8.05.